The Hall–Kier alpha value is -3.78. The Morgan fingerprint density at radius 3 is 2.52 bits per heavy atom. The van der Waals surface area contributed by atoms with Crippen molar-refractivity contribution in [2.75, 3.05) is 5.32 Å². The normalized spacial score (nSPS) is 11.2. The molecule has 0 unspecified atom stereocenters. The summed E-state index contributed by atoms with van der Waals surface area (Å²) in [5, 5.41) is 8.28. The maximum atomic E-state index is 13.2. The molecule has 0 atom stereocenters. The van der Waals surface area contributed by atoms with Crippen LogP contribution in [-0.4, -0.2) is 25.7 Å². The standard InChI is InChI=1S/C23H22N6OS/c1-15-13-18(14-24-27-23(31)26-19-9-5-4-6-10-19)16(2)28(15)29-17(3)25-21-12-8-7-11-20(21)22(29)30/h4-14H,1-3H3,(H2,26,27,31). The fraction of sp³-hybridized carbons (Fsp3) is 0.130. The second-order valence-electron chi connectivity index (χ2n) is 7.12. The van der Waals surface area contributed by atoms with Gasteiger partial charge in [-0.1, -0.05) is 30.3 Å². The van der Waals surface area contributed by atoms with Gasteiger partial charge in [0.25, 0.3) is 5.56 Å². The third-order valence-corrected chi connectivity index (χ3v) is 5.14. The maximum absolute atomic E-state index is 13.2. The molecule has 0 aliphatic rings. The number of thiocarbonyl (C=S) groups is 1. The molecule has 0 radical (unpaired) electrons. The molecule has 0 fully saturated rings. The van der Waals surface area contributed by atoms with Gasteiger partial charge in [0.1, 0.15) is 5.82 Å². The summed E-state index contributed by atoms with van der Waals surface area (Å²) in [4.78, 5) is 17.8. The molecule has 4 aromatic rings. The highest BCUT2D eigenvalue weighted by Gasteiger charge is 2.15. The average molecular weight is 431 g/mol. The van der Waals surface area contributed by atoms with E-state index in [0.29, 0.717) is 21.8 Å². The molecule has 2 heterocycles. The quantitative estimate of drug-likeness (QED) is 0.293. The summed E-state index contributed by atoms with van der Waals surface area (Å²) in [6.07, 6.45) is 1.69. The predicted molar refractivity (Wildman–Crippen MR) is 129 cm³/mol. The number of fused-ring (bicyclic) bond motifs is 1. The van der Waals surface area contributed by atoms with E-state index in [1.54, 1.807) is 17.0 Å². The van der Waals surface area contributed by atoms with E-state index in [4.69, 9.17) is 12.2 Å². The molecule has 2 aromatic heterocycles. The number of nitrogens with zero attached hydrogens (tertiary/aromatic N) is 4. The Morgan fingerprint density at radius 2 is 1.74 bits per heavy atom. The van der Waals surface area contributed by atoms with Crippen LogP contribution in [0.2, 0.25) is 0 Å². The number of rotatable bonds is 4. The molecule has 0 aliphatic heterocycles. The summed E-state index contributed by atoms with van der Waals surface area (Å²) in [6, 6.07) is 19.0. The van der Waals surface area contributed by atoms with Gasteiger partial charge in [-0.15, -0.1) is 0 Å². The fourth-order valence-electron chi connectivity index (χ4n) is 3.53. The van der Waals surface area contributed by atoms with Crippen molar-refractivity contribution >= 4 is 40.1 Å². The van der Waals surface area contributed by atoms with Crippen LogP contribution in [0.3, 0.4) is 0 Å². The first kappa shape index (κ1) is 20.5. The van der Waals surface area contributed by atoms with Crippen molar-refractivity contribution in [3.05, 3.63) is 93.8 Å². The molecular formula is C23H22N6OS. The number of hydrogen-bond donors (Lipinski definition) is 2. The minimum atomic E-state index is -0.111. The van der Waals surface area contributed by atoms with Crippen molar-refractivity contribution in [1.29, 1.82) is 0 Å². The Morgan fingerprint density at radius 1 is 1.03 bits per heavy atom. The Bertz CT molecular complexity index is 1350. The van der Waals surface area contributed by atoms with Gasteiger partial charge in [-0.2, -0.15) is 9.78 Å². The predicted octanol–water partition coefficient (Wildman–Crippen LogP) is 3.76. The smallest absolute Gasteiger partial charge is 0.280 e. The molecule has 8 heteroatoms. The molecule has 0 spiro atoms. The minimum Gasteiger partial charge on any atom is -0.331 e. The van der Waals surface area contributed by atoms with E-state index >= 15 is 0 Å². The van der Waals surface area contributed by atoms with E-state index in [9.17, 15) is 4.79 Å². The highest BCUT2D eigenvalue weighted by molar-refractivity contribution is 7.80. The lowest BCUT2D eigenvalue weighted by Gasteiger charge is -2.16. The zero-order valence-corrected chi connectivity index (χ0v) is 18.3. The monoisotopic (exact) mass is 430 g/mol. The minimum absolute atomic E-state index is 0.111. The topological polar surface area (TPSA) is 76.2 Å². The molecular weight excluding hydrogens is 408 g/mol. The van der Waals surface area contributed by atoms with Gasteiger partial charge in [-0.05, 0) is 63.3 Å². The number of hydrogen-bond acceptors (Lipinski definition) is 4. The second-order valence-corrected chi connectivity index (χ2v) is 7.53. The first-order valence-electron chi connectivity index (χ1n) is 9.79. The number of benzene rings is 2. The molecule has 0 saturated carbocycles. The molecule has 2 aromatic carbocycles. The van der Waals surface area contributed by atoms with Crippen LogP contribution in [0.1, 0.15) is 22.8 Å². The first-order chi connectivity index (χ1) is 15.0. The number of aryl methyl sites for hydroxylation is 2. The molecule has 7 nitrogen and oxygen atoms in total. The third kappa shape index (κ3) is 4.10. The average Bonchev–Trinajstić information content (AvgIpc) is 3.02. The van der Waals surface area contributed by atoms with Crippen LogP contribution in [0, 0.1) is 20.8 Å². The summed E-state index contributed by atoms with van der Waals surface area (Å²) < 4.78 is 3.46. The Balaban J connectivity index is 1.61. The van der Waals surface area contributed by atoms with Crippen molar-refractivity contribution in [2.45, 2.75) is 20.8 Å². The van der Waals surface area contributed by atoms with Crippen molar-refractivity contribution in [1.82, 2.24) is 19.8 Å². The summed E-state index contributed by atoms with van der Waals surface area (Å²) in [6.45, 7) is 5.71. The van der Waals surface area contributed by atoms with Crippen LogP contribution < -0.4 is 16.3 Å². The second kappa shape index (κ2) is 8.53. The molecule has 2 N–H and O–H groups in total. The Kier molecular flexibility index (Phi) is 5.64. The SMILES string of the molecule is Cc1cc(C=NNC(=S)Nc2ccccc2)c(C)n1-n1c(C)nc2ccccc2c1=O. The fourth-order valence-corrected chi connectivity index (χ4v) is 3.70. The van der Waals surface area contributed by atoms with Gasteiger partial charge in [-0.3, -0.25) is 14.9 Å². The number of anilines is 1. The summed E-state index contributed by atoms with van der Waals surface area (Å²) in [5.74, 6) is 0.611. The van der Waals surface area contributed by atoms with Crippen molar-refractivity contribution in [3.8, 4) is 0 Å². The van der Waals surface area contributed by atoms with Gasteiger partial charge < -0.3 is 5.32 Å². The van der Waals surface area contributed by atoms with Crippen molar-refractivity contribution in [2.24, 2.45) is 5.10 Å². The number of aromatic nitrogens is 3. The molecule has 156 valence electrons. The largest absolute Gasteiger partial charge is 0.331 e. The number of nitrogens with one attached hydrogen (secondary N) is 2. The zero-order valence-electron chi connectivity index (χ0n) is 17.5. The van der Waals surface area contributed by atoms with E-state index in [1.807, 2.05) is 80.0 Å². The summed E-state index contributed by atoms with van der Waals surface area (Å²) in [5.41, 5.74) is 6.91. The van der Waals surface area contributed by atoms with E-state index in [1.165, 1.54) is 0 Å². The van der Waals surface area contributed by atoms with Crippen LogP contribution in [0.25, 0.3) is 10.9 Å². The molecule has 31 heavy (non-hydrogen) atoms. The van der Waals surface area contributed by atoms with E-state index in [2.05, 4.69) is 20.8 Å². The maximum Gasteiger partial charge on any atom is 0.280 e. The van der Waals surface area contributed by atoms with Crippen LogP contribution >= 0.6 is 12.2 Å². The van der Waals surface area contributed by atoms with Gasteiger partial charge in [0.15, 0.2) is 5.11 Å². The molecule has 0 aliphatic carbocycles. The molecule has 0 bridgehead atoms. The van der Waals surface area contributed by atoms with Crippen LogP contribution in [0.4, 0.5) is 5.69 Å². The molecule has 0 saturated heterocycles. The van der Waals surface area contributed by atoms with Gasteiger partial charge in [0.2, 0.25) is 0 Å². The van der Waals surface area contributed by atoms with Gasteiger partial charge in [0, 0.05) is 22.6 Å². The van der Waals surface area contributed by atoms with Gasteiger partial charge in [-0.25, -0.2) is 4.98 Å². The third-order valence-electron chi connectivity index (χ3n) is 4.95. The number of para-hydroxylation sites is 2. The highest BCUT2D eigenvalue weighted by Crippen LogP contribution is 2.15. The summed E-state index contributed by atoms with van der Waals surface area (Å²) in [7, 11) is 0. The number of hydrazone groups is 1. The van der Waals surface area contributed by atoms with Crippen LogP contribution in [0.5, 0.6) is 0 Å². The molecule has 0 amide bonds. The van der Waals surface area contributed by atoms with Gasteiger partial charge in [0.05, 0.1) is 17.1 Å². The van der Waals surface area contributed by atoms with Crippen LogP contribution in [-0.2, 0) is 0 Å². The van der Waals surface area contributed by atoms with Crippen molar-refractivity contribution < 1.29 is 0 Å². The lowest BCUT2D eigenvalue weighted by Crippen LogP contribution is -2.30. The zero-order chi connectivity index (χ0) is 22.0. The van der Waals surface area contributed by atoms with E-state index in [-0.39, 0.29) is 5.56 Å². The highest BCUT2D eigenvalue weighted by atomic mass is 32.1. The summed E-state index contributed by atoms with van der Waals surface area (Å²) >= 11 is 5.28. The Labute approximate surface area is 185 Å². The lowest BCUT2D eigenvalue weighted by atomic mass is 10.2. The van der Waals surface area contributed by atoms with Gasteiger partial charge >= 0.3 is 0 Å². The molecule has 4 rings (SSSR count). The lowest BCUT2D eigenvalue weighted by molar-refractivity contribution is 0.573. The van der Waals surface area contributed by atoms with E-state index in [0.717, 1.165) is 22.6 Å². The van der Waals surface area contributed by atoms with Crippen molar-refractivity contribution in [3.63, 3.8) is 0 Å². The van der Waals surface area contributed by atoms with E-state index < -0.39 is 0 Å². The van der Waals surface area contributed by atoms with Crippen LogP contribution in [0.15, 0.2) is 70.6 Å². The first-order valence-corrected chi connectivity index (χ1v) is 10.2.